The van der Waals surface area contributed by atoms with Crippen LogP contribution in [-0.2, 0) is 0 Å². The van der Waals surface area contributed by atoms with Gasteiger partial charge in [-0.05, 0) is 32.7 Å². The molecule has 6 aromatic rings. The van der Waals surface area contributed by atoms with Crippen molar-refractivity contribution in [3.63, 3.8) is 0 Å². The van der Waals surface area contributed by atoms with E-state index in [1.807, 2.05) is 133 Å². The highest BCUT2D eigenvalue weighted by Crippen LogP contribution is 2.32. The van der Waals surface area contributed by atoms with Crippen molar-refractivity contribution < 1.29 is 9.59 Å². The Morgan fingerprint density at radius 3 is 1.14 bits per heavy atom. The van der Waals surface area contributed by atoms with Crippen LogP contribution >= 0.6 is 0 Å². The van der Waals surface area contributed by atoms with Crippen molar-refractivity contribution in [3.05, 3.63) is 156 Å². The van der Waals surface area contributed by atoms with E-state index in [0.717, 1.165) is 32.7 Å². The van der Waals surface area contributed by atoms with Crippen molar-refractivity contribution in [2.24, 2.45) is 0 Å². The van der Waals surface area contributed by atoms with Crippen LogP contribution in [0.1, 0.15) is 31.8 Å². The molecular weight excluding hydrogens is 440 g/mol. The minimum Gasteiger partial charge on any atom is -0.289 e. The van der Waals surface area contributed by atoms with E-state index in [4.69, 9.17) is 0 Å². The van der Waals surface area contributed by atoms with Gasteiger partial charge in [0.15, 0.2) is 11.6 Å². The molecule has 0 N–H and O–H groups in total. The monoisotopic (exact) mass is 462 g/mol. The third-order valence-electron chi connectivity index (χ3n) is 6.70. The molecule has 6 aromatic carbocycles. The predicted octanol–water partition coefficient (Wildman–Crippen LogP) is 8.12. The third kappa shape index (κ3) is 3.70. The lowest BCUT2D eigenvalue weighted by atomic mass is 9.87. The predicted molar refractivity (Wildman–Crippen MR) is 147 cm³/mol. The van der Waals surface area contributed by atoms with Gasteiger partial charge in [-0.2, -0.15) is 0 Å². The molecule has 0 saturated carbocycles. The quantitative estimate of drug-likeness (QED) is 0.242. The number of hydrogen-bond acceptors (Lipinski definition) is 2. The molecule has 0 atom stereocenters. The van der Waals surface area contributed by atoms with Crippen molar-refractivity contribution in [2.75, 3.05) is 0 Å². The second-order valence-corrected chi connectivity index (χ2v) is 8.80. The number of ketones is 2. The topological polar surface area (TPSA) is 34.1 Å². The van der Waals surface area contributed by atoms with Crippen molar-refractivity contribution in [1.29, 1.82) is 0 Å². The molecule has 0 spiro atoms. The van der Waals surface area contributed by atoms with Crippen LogP contribution in [-0.4, -0.2) is 11.6 Å². The first-order valence-corrected chi connectivity index (χ1v) is 12.0. The smallest absolute Gasteiger partial charge is 0.194 e. The number of carbonyl (C=O) groups is 2. The van der Waals surface area contributed by atoms with Gasteiger partial charge in [-0.25, -0.2) is 0 Å². The summed E-state index contributed by atoms with van der Waals surface area (Å²) >= 11 is 0. The highest BCUT2D eigenvalue weighted by atomic mass is 16.1. The third-order valence-corrected chi connectivity index (χ3v) is 6.70. The second kappa shape index (κ2) is 9.09. The van der Waals surface area contributed by atoms with Gasteiger partial charge in [0.25, 0.3) is 0 Å². The maximum Gasteiger partial charge on any atom is 0.194 e. The zero-order chi connectivity index (χ0) is 24.5. The van der Waals surface area contributed by atoms with E-state index < -0.39 is 0 Å². The minimum absolute atomic E-state index is 0.0604. The molecule has 0 aromatic heterocycles. The largest absolute Gasteiger partial charge is 0.289 e. The summed E-state index contributed by atoms with van der Waals surface area (Å²) in [7, 11) is 0. The lowest BCUT2D eigenvalue weighted by molar-refractivity contribution is 0.103. The van der Waals surface area contributed by atoms with Gasteiger partial charge in [0.2, 0.25) is 0 Å². The van der Waals surface area contributed by atoms with Crippen LogP contribution in [0.5, 0.6) is 0 Å². The van der Waals surface area contributed by atoms with Crippen molar-refractivity contribution >= 4 is 33.1 Å². The summed E-state index contributed by atoms with van der Waals surface area (Å²) in [5, 5.41) is 3.87. The summed E-state index contributed by atoms with van der Waals surface area (Å²) in [6, 6.07) is 42.5. The van der Waals surface area contributed by atoms with Gasteiger partial charge in [0.05, 0.1) is 0 Å². The van der Waals surface area contributed by atoms with Gasteiger partial charge in [0, 0.05) is 22.3 Å². The molecule has 0 saturated heterocycles. The Morgan fingerprint density at radius 1 is 0.333 bits per heavy atom. The van der Waals surface area contributed by atoms with E-state index in [2.05, 4.69) is 0 Å². The van der Waals surface area contributed by atoms with Gasteiger partial charge >= 0.3 is 0 Å². The summed E-state index contributed by atoms with van der Waals surface area (Å²) in [6.45, 7) is 0. The van der Waals surface area contributed by atoms with Crippen LogP contribution < -0.4 is 0 Å². The molecule has 0 heterocycles. The number of rotatable bonds is 5. The van der Waals surface area contributed by atoms with Gasteiger partial charge in [-0.15, -0.1) is 0 Å². The van der Waals surface area contributed by atoms with Crippen LogP contribution in [0.25, 0.3) is 32.7 Å². The van der Waals surface area contributed by atoms with Crippen LogP contribution in [0.3, 0.4) is 0 Å². The fourth-order valence-electron chi connectivity index (χ4n) is 4.97. The molecule has 0 radical (unpaired) electrons. The standard InChI is InChI=1S/C34H22O2/c35-33(29-21-9-13-23-11-1-3-15-25(23)29)31-19-7-5-17-27(31)28-18-6-8-20-32(28)34(36)30-22-10-14-24-12-2-4-16-26(24)30/h1-22H. The summed E-state index contributed by atoms with van der Waals surface area (Å²) < 4.78 is 0. The van der Waals surface area contributed by atoms with Crippen molar-refractivity contribution in [2.45, 2.75) is 0 Å². The Hall–Kier alpha value is -4.82. The van der Waals surface area contributed by atoms with Crippen molar-refractivity contribution in [1.82, 2.24) is 0 Å². The van der Waals surface area contributed by atoms with E-state index in [9.17, 15) is 9.59 Å². The fraction of sp³-hybridized carbons (Fsp3) is 0. The normalized spacial score (nSPS) is 11.0. The summed E-state index contributed by atoms with van der Waals surface area (Å²) in [5.41, 5.74) is 3.95. The summed E-state index contributed by atoms with van der Waals surface area (Å²) in [6.07, 6.45) is 0. The fourth-order valence-corrected chi connectivity index (χ4v) is 4.97. The lowest BCUT2D eigenvalue weighted by Crippen LogP contribution is -2.08. The Balaban J connectivity index is 1.51. The number of hydrogen-bond donors (Lipinski definition) is 0. The Bertz CT molecular complexity index is 1630. The van der Waals surface area contributed by atoms with E-state index >= 15 is 0 Å². The van der Waals surface area contributed by atoms with Gasteiger partial charge in [0.1, 0.15) is 0 Å². The Kier molecular flexibility index (Phi) is 5.48. The van der Waals surface area contributed by atoms with Gasteiger partial charge in [-0.3, -0.25) is 9.59 Å². The molecule has 0 aliphatic carbocycles. The summed E-state index contributed by atoms with van der Waals surface area (Å²) in [4.78, 5) is 27.8. The van der Waals surface area contributed by atoms with E-state index in [1.165, 1.54) is 0 Å². The lowest BCUT2D eigenvalue weighted by Gasteiger charge is -2.14. The van der Waals surface area contributed by atoms with Crippen molar-refractivity contribution in [3.8, 4) is 11.1 Å². The van der Waals surface area contributed by atoms with Crippen LogP contribution in [0.15, 0.2) is 133 Å². The van der Waals surface area contributed by atoms with E-state index in [0.29, 0.717) is 22.3 Å². The molecule has 0 unspecified atom stereocenters. The maximum atomic E-state index is 13.9. The number of carbonyl (C=O) groups excluding carboxylic acids is 2. The van der Waals surface area contributed by atoms with Crippen LogP contribution in [0.4, 0.5) is 0 Å². The van der Waals surface area contributed by atoms with Gasteiger partial charge in [-0.1, -0.05) is 133 Å². The maximum absolute atomic E-state index is 13.9. The molecule has 0 fully saturated rings. The second-order valence-electron chi connectivity index (χ2n) is 8.80. The SMILES string of the molecule is O=C(c1ccccc1-c1ccccc1C(=O)c1cccc2ccccc12)c1cccc2ccccc12. The average molecular weight is 463 g/mol. The molecule has 170 valence electrons. The van der Waals surface area contributed by atoms with Crippen LogP contribution in [0, 0.1) is 0 Å². The molecule has 2 heteroatoms. The molecular formula is C34H22O2. The molecule has 0 aliphatic heterocycles. The summed E-state index contributed by atoms with van der Waals surface area (Å²) in [5.74, 6) is -0.121. The molecule has 0 amide bonds. The number of fused-ring (bicyclic) bond motifs is 2. The Labute approximate surface area is 209 Å². The molecule has 0 bridgehead atoms. The highest BCUT2D eigenvalue weighted by molar-refractivity contribution is 6.22. The minimum atomic E-state index is -0.0604. The zero-order valence-electron chi connectivity index (χ0n) is 19.5. The molecule has 36 heavy (non-hydrogen) atoms. The van der Waals surface area contributed by atoms with E-state index in [-0.39, 0.29) is 11.6 Å². The number of benzene rings is 6. The first kappa shape index (κ1) is 21.7. The first-order chi connectivity index (χ1) is 17.7. The highest BCUT2D eigenvalue weighted by Gasteiger charge is 2.21. The van der Waals surface area contributed by atoms with Gasteiger partial charge < -0.3 is 0 Å². The molecule has 2 nitrogen and oxygen atoms in total. The average Bonchev–Trinajstić information content (AvgIpc) is 2.96. The zero-order valence-corrected chi connectivity index (χ0v) is 19.5. The van der Waals surface area contributed by atoms with E-state index in [1.54, 1.807) is 0 Å². The molecule has 6 rings (SSSR count). The Morgan fingerprint density at radius 2 is 0.667 bits per heavy atom. The van der Waals surface area contributed by atoms with Crippen LogP contribution in [0.2, 0.25) is 0 Å². The molecule has 0 aliphatic rings. The first-order valence-electron chi connectivity index (χ1n) is 12.0.